The van der Waals surface area contributed by atoms with Crippen molar-refractivity contribution in [3.8, 4) is 11.1 Å². The Kier molecular flexibility index (Phi) is 7.15. The molecule has 0 aliphatic carbocycles. The molecule has 4 N–H and O–H groups in total. The van der Waals surface area contributed by atoms with E-state index in [1.807, 2.05) is 30.4 Å². The van der Waals surface area contributed by atoms with Gasteiger partial charge in [-0.3, -0.25) is 10.1 Å². The van der Waals surface area contributed by atoms with Crippen molar-refractivity contribution in [1.82, 2.24) is 29.6 Å². The van der Waals surface area contributed by atoms with Crippen LogP contribution in [0.3, 0.4) is 0 Å². The Bertz CT molecular complexity index is 1450. The van der Waals surface area contributed by atoms with Gasteiger partial charge in [-0.2, -0.15) is 5.10 Å². The van der Waals surface area contributed by atoms with E-state index in [4.69, 9.17) is 11.1 Å². The Hall–Kier alpha value is -4.52. The van der Waals surface area contributed by atoms with Crippen LogP contribution >= 0.6 is 0 Å². The zero-order chi connectivity index (χ0) is 27.6. The number of H-pyrrole nitrogens is 1. The maximum absolute atomic E-state index is 14.1. The first-order valence-electron chi connectivity index (χ1n) is 12.2. The van der Waals surface area contributed by atoms with Gasteiger partial charge < -0.3 is 20.5 Å². The van der Waals surface area contributed by atoms with Crippen LogP contribution in [0.5, 0.6) is 0 Å². The van der Waals surface area contributed by atoms with Gasteiger partial charge in [-0.15, -0.1) is 0 Å². The van der Waals surface area contributed by atoms with E-state index in [1.165, 1.54) is 24.5 Å². The van der Waals surface area contributed by atoms with Crippen molar-refractivity contribution in [1.29, 1.82) is 5.41 Å². The van der Waals surface area contributed by atoms with Crippen molar-refractivity contribution < 1.29 is 13.2 Å². The molecule has 1 aromatic carbocycles. The summed E-state index contributed by atoms with van der Waals surface area (Å²) in [5.41, 5.74) is 6.75. The molecule has 0 radical (unpaired) electrons. The topological polar surface area (TPSA) is 128 Å². The van der Waals surface area contributed by atoms with Crippen LogP contribution in [0.25, 0.3) is 11.1 Å². The van der Waals surface area contributed by atoms with Crippen LogP contribution in [-0.4, -0.2) is 74.4 Å². The van der Waals surface area contributed by atoms with Crippen molar-refractivity contribution in [2.24, 2.45) is 17.8 Å². The minimum Gasteiger partial charge on any atom is -0.358 e. The molecule has 1 fully saturated rings. The number of aliphatic imine (C=N–C) groups is 1. The van der Waals surface area contributed by atoms with Crippen LogP contribution in [0, 0.1) is 11.2 Å². The SMILES string of the molecule is Cn1cc(-c2c[nH]c(C(=NC=N)N3CCN(c4ncc([C@@](N)(c5ccc(F)cc5)C(F)F)cn4)CC3)c2)cn1. The van der Waals surface area contributed by atoms with Gasteiger partial charge in [-0.05, 0) is 23.8 Å². The maximum Gasteiger partial charge on any atom is 0.264 e. The molecule has 1 atom stereocenters. The Morgan fingerprint density at radius 1 is 1.08 bits per heavy atom. The van der Waals surface area contributed by atoms with E-state index in [-0.39, 0.29) is 11.1 Å². The summed E-state index contributed by atoms with van der Waals surface area (Å²) in [5, 5.41) is 11.8. The monoisotopic (exact) mass is 536 g/mol. The van der Waals surface area contributed by atoms with E-state index in [2.05, 4.69) is 29.9 Å². The van der Waals surface area contributed by atoms with Gasteiger partial charge in [0.2, 0.25) is 5.95 Å². The van der Waals surface area contributed by atoms with Crippen LogP contribution in [0.4, 0.5) is 19.1 Å². The van der Waals surface area contributed by atoms with Crippen molar-refractivity contribution in [3.05, 3.63) is 84.0 Å². The zero-order valence-electron chi connectivity index (χ0n) is 21.1. The number of nitrogens with one attached hydrogen (secondary N) is 2. The quantitative estimate of drug-likeness (QED) is 0.246. The molecular weight excluding hydrogens is 509 g/mol. The van der Waals surface area contributed by atoms with Crippen molar-refractivity contribution in [3.63, 3.8) is 0 Å². The summed E-state index contributed by atoms with van der Waals surface area (Å²) >= 11 is 0. The lowest BCUT2D eigenvalue weighted by Gasteiger charge is -2.36. The highest BCUT2D eigenvalue weighted by molar-refractivity contribution is 6.01. The molecule has 1 aliphatic heterocycles. The van der Waals surface area contributed by atoms with Gasteiger partial charge in [-0.25, -0.2) is 28.1 Å². The molecule has 0 unspecified atom stereocenters. The summed E-state index contributed by atoms with van der Waals surface area (Å²) in [6, 6.07) is 6.64. The van der Waals surface area contributed by atoms with E-state index in [0.717, 1.165) is 35.3 Å². The van der Waals surface area contributed by atoms with Crippen molar-refractivity contribution in [2.45, 2.75) is 12.0 Å². The average molecular weight is 537 g/mol. The number of piperazine rings is 1. The second-order valence-electron chi connectivity index (χ2n) is 9.21. The number of benzene rings is 1. The molecule has 0 saturated carbocycles. The molecule has 10 nitrogen and oxygen atoms in total. The van der Waals surface area contributed by atoms with E-state index in [0.29, 0.717) is 38.0 Å². The summed E-state index contributed by atoms with van der Waals surface area (Å²) < 4.78 is 43.3. The third-order valence-electron chi connectivity index (χ3n) is 6.79. The number of halogens is 3. The van der Waals surface area contributed by atoms with E-state index >= 15 is 0 Å². The number of nitrogens with zero attached hydrogens (tertiary/aromatic N) is 7. The van der Waals surface area contributed by atoms with E-state index < -0.39 is 17.8 Å². The number of aromatic nitrogens is 5. The average Bonchev–Trinajstić information content (AvgIpc) is 3.61. The number of hydrogen-bond donors (Lipinski definition) is 3. The summed E-state index contributed by atoms with van der Waals surface area (Å²) in [6.45, 7) is 2.25. The number of aromatic amines is 1. The molecule has 4 heterocycles. The van der Waals surface area contributed by atoms with E-state index in [9.17, 15) is 13.2 Å². The molecule has 1 aliphatic rings. The Labute approximate surface area is 222 Å². The van der Waals surface area contributed by atoms with Crippen LogP contribution in [0.15, 0.2) is 66.3 Å². The number of amidine groups is 1. The standard InChI is InChI=1S/C26H27F3N10/c1-37-15-18(12-36-37)17-10-22(32-11-17)23(35-16-30)38-6-8-39(9-7-38)25-33-13-20(14-34-25)26(31,24(28)29)19-2-4-21(27)5-3-19/h2-5,10-16,24,30,32H,6-9,31H2,1H3/t26-/m0/s1. The number of rotatable bonds is 7. The molecule has 4 aromatic rings. The molecule has 5 rings (SSSR count). The van der Waals surface area contributed by atoms with Gasteiger partial charge in [0.15, 0.2) is 5.84 Å². The third kappa shape index (κ3) is 5.12. The van der Waals surface area contributed by atoms with Crippen molar-refractivity contribution in [2.75, 3.05) is 31.1 Å². The minimum atomic E-state index is -2.96. The van der Waals surface area contributed by atoms with E-state index in [1.54, 1.807) is 10.9 Å². The van der Waals surface area contributed by atoms with Gasteiger partial charge in [-0.1, -0.05) is 12.1 Å². The first-order chi connectivity index (χ1) is 18.8. The number of anilines is 1. The molecular formula is C26H27F3N10. The molecule has 39 heavy (non-hydrogen) atoms. The van der Waals surface area contributed by atoms with Gasteiger partial charge in [0.05, 0.1) is 11.9 Å². The maximum atomic E-state index is 14.1. The Morgan fingerprint density at radius 2 is 1.77 bits per heavy atom. The highest BCUT2D eigenvalue weighted by Crippen LogP contribution is 2.33. The number of alkyl halides is 2. The van der Waals surface area contributed by atoms with Crippen LogP contribution in [0.1, 0.15) is 16.8 Å². The first kappa shape index (κ1) is 26.1. The normalized spacial score (nSPS) is 16.0. The molecule has 13 heteroatoms. The lowest BCUT2D eigenvalue weighted by Crippen LogP contribution is -2.50. The summed E-state index contributed by atoms with van der Waals surface area (Å²) in [7, 11) is 1.85. The largest absolute Gasteiger partial charge is 0.358 e. The molecule has 1 saturated heterocycles. The van der Waals surface area contributed by atoms with Crippen LogP contribution in [0.2, 0.25) is 0 Å². The molecule has 0 amide bonds. The number of nitrogens with two attached hydrogens (primary N) is 1. The molecule has 202 valence electrons. The predicted molar refractivity (Wildman–Crippen MR) is 142 cm³/mol. The second-order valence-corrected chi connectivity index (χ2v) is 9.21. The first-order valence-corrected chi connectivity index (χ1v) is 12.2. The lowest BCUT2D eigenvalue weighted by molar-refractivity contribution is 0.0738. The van der Waals surface area contributed by atoms with Crippen LogP contribution < -0.4 is 10.6 Å². The van der Waals surface area contributed by atoms with Gasteiger partial charge in [0.1, 0.15) is 17.7 Å². The highest BCUT2D eigenvalue weighted by atomic mass is 19.3. The fraction of sp³-hybridized carbons (Fsp3) is 0.269. The molecule has 0 bridgehead atoms. The number of aryl methyl sites for hydroxylation is 1. The minimum absolute atomic E-state index is 0.0306. The lowest BCUT2D eigenvalue weighted by atomic mass is 9.85. The fourth-order valence-corrected chi connectivity index (χ4v) is 4.60. The Balaban J connectivity index is 1.29. The second kappa shape index (κ2) is 10.7. The number of hydrogen-bond acceptors (Lipinski definition) is 6. The van der Waals surface area contributed by atoms with Gasteiger partial charge >= 0.3 is 0 Å². The van der Waals surface area contributed by atoms with Gasteiger partial charge in [0.25, 0.3) is 6.43 Å². The summed E-state index contributed by atoms with van der Waals surface area (Å²) in [5.74, 6) is 0.485. The molecule has 3 aromatic heterocycles. The fourth-order valence-electron chi connectivity index (χ4n) is 4.60. The van der Waals surface area contributed by atoms with Crippen molar-refractivity contribution >= 4 is 18.1 Å². The highest BCUT2D eigenvalue weighted by Gasteiger charge is 2.40. The van der Waals surface area contributed by atoms with Crippen LogP contribution in [-0.2, 0) is 12.6 Å². The molecule has 0 spiro atoms. The predicted octanol–water partition coefficient (Wildman–Crippen LogP) is 2.99. The summed E-state index contributed by atoms with van der Waals surface area (Å²) in [4.78, 5) is 20.2. The smallest absolute Gasteiger partial charge is 0.264 e. The van der Waals surface area contributed by atoms with Gasteiger partial charge in [0, 0.05) is 74.7 Å². The third-order valence-corrected chi connectivity index (χ3v) is 6.79. The zero-order valence-corrected chi connectivity index (χ0v) is 21.1. The summed E-state index contributed by atoms with van der Waals surface area (Å²) in [6.07, 6.45) is 6.22. The Morgan fingerprint density at radius 3 is 2.36 bits per heavy atom.